The fraction of sp³-hybridized carbons (Fsp3) is 0. The van der Waals surface area contributed by atoms with E-state index in [0.717, 1.165) is 5.56 Å². The molecule has 0 bridgehead atoms. The fourth-order valence-corrected chi connectivity index (χ4v) is 1.89. The summed E-state index contributed by atoms with van der Waals surface area (Å²) in [5, 5.41) is 8.43. The van der Waals surface area contributed by atoms with E-state index in [0.29, 0.717) is 16.5 Å². The summed E-state index contributed by atoms with van der Waals surface area (Å²) in [7, 11) is 0. The maximum atomic E-state index is 13.1. The van der Waals surface area contributed by atoms with Crippen molar-refractivity contribution in [3.63, 3.8) is 0 Å². The topological polar surface area (TPSA) is 38.9 Å². The summed E-state index contributed by atoms with van der Waals surface area (Å²) < 4.78 is 18.6. The lowest BCUT2D eigenvalue weighted by atomic mass is 10.2. The minimum absolute atomic E-state index is 0.273. The van der Waals surface area contributed by atoms with Gasteiger partial charge < -0.3 is 4.42 Å². The van der Waals surface area contributed by atoms with Crippen LogP contribution in [0.2, 0.25) is 5.02 Å². The van der Waals surface area contributed by atoms with Crippen LogP contribution in [0, 0.1) is 5.82 Å². The van der Waals surface area contributed by atoms with Gasteiger partial charge in [0.15, 0.2) is 0 Å². The highest BCUT2D eigenvalue weighted by Crippen LogP contribution is 2.25. The summed E-state index contributed by atoms with van der Waals surface area (Å²) in [5.41, 5.74) is 1.27. The quantitative estimate of drug-likeness (QED) is 0.703. The minimum atomic E-state index is -0.347. The van der Waals surface area contributed by atoms with Gasteiger partial charge in [-0.3, -0.25) is 0 Å². The molecular weight excluding hydrogens is 267 g/mol. The molecular formula is C14H8ClFN2O. The van der Waals surface area contributed by atoms with E-state index in [-0.39, 0.29) is 11.7 Å². The van der Waals surface area contributed by atoms with Crippen molar-refractivity contribution < 1.29 is 8.81 Å². The maximum Gasteiger partial charge on any atom is 0.248 e. The molecule has 0 radical (unpaired) electrons. The SMILES string of the molecule is Fc1cccc(-c2nnc(-c3cccc(Cl)c3)o2)c1. The molecule has 3 nitrogen and oxygen atoms in total. The van der Waals surface area contributed by atoms with Crippen LogP contribution in [0.1, 0.15) is 0 Å². The van der Waals surface area contributed by atoms with E-state index in [2.05, 4.69) is 10.2 Å². The Labute approximate surface area is 113 Å². The fourth-order valence-electron chi connectivity index (χ4n) is 1.70. The monoisotopic (exact) mass is 274 g/mol. The molecule has 0 aliphatic heterocycles. The third-order valence-electron chi connectivity index (χ3n) is 2.57. The van der Waals surface area contributed by atoms with Crippen LogP contribution in [0.4, 0.5) is 4.39 Å². The van der Waals surface area contributed by atoms with Crippen LogP contribution >= 0.6 is 11.6 Å². The van der Waals surface area contributed by atoms with Crippen molar-refractivity contribution in [3.8, 4) is 22.9 Å². The summed E-state index contributed by atoms with van der Waals surface area (Å²) in [5.74, 6) is 0.274. The Morgan fingerprint density at radius 1 is 0.895 bits per heavy atom. The van der Waals surface area contributed by atoms with Crippen molar-refractivity contribution in [1.29, 1.82) is 0 Å². The van der Waals surface area contributed by atoms with Gasteiger partial charge in [0.2, 0.25) is 11.8 Å². The van der Waals surface area contributed by atoms with Crippen LogP contribution < -0.4 is 0 Å². The highest BCUT2D eigenvalue weighted by Gasteiger charge is 2.11. The number of halogens is 2. The first-order valence-electron chi connectivity index (χ1n) is 5.58. The number of rotatable bonds is 2. The zero-order valence-corrected chi connectivity index (χ0v) is 10.4. The summed E-state index contributed by atoms with van der Waals surface area (Å²) in [6.45, 7) is 0. The Morgan fingerprint density at radius 3 is 2.16 bits per heavy atom. The van der Waals surface area contributed by atoms with E-state index in [1.165, 1.54) is 12.1 Å². The number of hydrogen-bond acceptors (Lipinski definition) is 3. The van der Waals surface area contributed by atoms with Gasteiger partial charge in [-0.25, -0.2) is 4.39 Å². The number of hydrogen-bond donors (Lipinski definition) is 0. The first-order valence-corrected chi connectivity index (χ1v) is 5.95. The molecule has 0 unspecified atom stereocenters. The van der Waals surface area contributed by atoms with Crippen molar-refractivity contribution >= 4 is 11.6 Å². The van der Waals surface area contributed by atoms with Gasteiger partial charge in [-0.1, -0.05) is 23.7 Å². The third kappa shape index (κ3) is 2.48. The molecule has 0 atom stereocenters. The summed E-state index contributed by atoms with van der Waals surface area (Å²) in [6, 6.07) is 13.1. The van der Waals surface area contributed by atoms with E-state index in [9.17, 15) is 4.39 Å². The van der Waals surface area contributed by atoms with E-state index in [1.54, 1.807) is 30.3 Å². The Balaban J connectivity index is 2.00. The van der Waals surface area contributed by atoms with Crippen LogP contribution in [0.5, 0.6) is 0 Å². The van der Waals surface area contributed by atoms with Gasteiger partial charge >= 0.3 is 0 Å². The van der Waals surface area contributed by atoms with Crippen LogP contribution in [-0.4, -0.2) is 10.2 Å². The lowest BCUT2D eigenvalue weighted by Crippen LogP contribution is -1.79. The first kappa shape index (κ1) is 11.9. The Morgan fingerprint density at radius 2 is 1.53 bits per heavy atom. The van der Waals surface area contributed by atoms with Crippen LogP contribution in [0.25, 0.3) is 22.9 Å². The molecule has 0 N–H and O–H groups in total. The smallest absolute Gasteiger partial charge is 0.248 e. The van der Waals surface area contributed by atoms with E-state index < -0.39 is 0 Å². The van der Waals surface area contributed by atoms with Crippen molar-refractivity contribution in [2.45, 2.75) is 0 Å². The predicted molar refractivity (Wildman–Crippen MR) is 70.1 cm³/mol. The average molecular weight is 275 g/mol. The average Bonchev–Trinajstić information content (AvgIpc) is 2.88. The van der Waals surface area contributed by atoms with E-state index >= 15 is 0 Å². The lowest BCUT2D eigenvalue weighted by Gasteiger charge is -1.96. The normalized spacial score (nSPS) is 10.6. The van der Waals surface area contributed by atoms with Gasteiger partial charge in [0.05, 0.1) is 0 Å². The van der Waals surface area contributed by atoms with Crippen molar-refractivity contribution in [3.05, 3.63) is 59.4 Å². The van der Waals surface area contributed by atoms with Gasteiger partial charge in [0, 0.05) is 16.1 Å². The summed E-state index contributed by atoms with van der Waals surface area (Å²) in [4.78, 5) is 0. The second-order valence-electron chi connectivity index (χ2n) is 3.93. The van der Waals surface area contributed by atoms with Gasteiger partial charge in [-0.2, -0.15) is 0 Å². The first-order chi connectivity index (χ1) is 9.22. The van der Waals surface area contributed by atoms with Crippen LogP contribution in [-0.2, 0) is 0 Å². The van der Waals surface area contributed by atoms with Gasteiger partial charge in [-0.05, 0) is 36.4 Å². The van der Waals surface area contributed by atoms with Crippen molar-refractivity contribution in [1.82, 2.24) is 10.2 Å². The van der Waals surface area contributed by atoms with Gasteiger partial charge in [-0.15, -0.1) is 10.2 Å². The second kappa shape index (κ2) is 4.82. The lowest BCUT2D eigenvalue weighted by molar-refractivity contribution is 0.582. The third-order valence-corrected chi connectivity index (χ3v) is 2.80. The molecule has 1 aromatic heterocycles. The van der Waals surface area contributed by atoms with Crippen molar-refractivity contribution in [2.24, 2.45) is 0 Å². The molecule has 3 aromatic rings. The molecule has 5 heteroatoms. The molecule has 3 rings (SSSR count). The second-order valence-corrected chi connectivity index (χ2v) is 4.37. The van der Waals surface area contributed by atoms with Crippen LogP contribution in [0.15, 0.2) is 52.9 Å². The molecule has 0 amide bonds. The minimum Gasteiger partial charge on any atom is -0.416 e. The highest BCUT2D eigenvalue weighted by atomic mass is 35.5. The molecule has 0 saturated heterocycles. The van der Waals surface area contributed by atoms with Crippen molar-refractivity contribution in [2.75, 3.05) is 0 Å². The number of aromatic nitrogens is 2. The molecule has 0 aliphatic rings. The molecule has 0 fully saturated rings. The molecule has 19 heavy (non-hydrogen) atoms. The summed E-state index contributed by atoms with van der Waals surface area (Å²) >= 11 is 5.90. The Bertz CT molecular complexity index is 667. The standard InChI is InChI=1S/C14H8ClFN2O/c15-11-5-1-3-9(7-11)13-17-18-14(19-13)10-4-2-6-12(16)8-10/h1-8H. The summed E-state index contributed by atoms with van der Waals surface area (Å²) in [6.07, 6.45) is 0. The molecule has 1 heterocycles. The predicted octanol–water partition coefficient (Wildman–Crippen LogP) is 4.20. The molecule has 2 aromatic carbocycles. The van der Waals surface area contributed by atoms with Crippen LogP contribution in [0.3, 0.4) is 0 Å². The number of nitrogens with zero attached hydrogens (tertiary/aromatic N) is 2. The Kier molecular flexibility index (Phi) is 3.01. The van der Waals surface area contributed by atoms with E-state index in [4.69, 9.17) is 16.0 Å². The largest absolute Gasteiger partial charge is 0.416 e. The van der Waals surface area contributed by atoms with Gasteiger partial charge in [0.1, 0.15) is 5.82 Å². The molecule has 94 valence electrons. The van der Waals surface area contributed by atoms with Gasteiger partial charge in [0.25, 0.3) is 0 Å². The Hall–Kier alpha value is -2.20. The maximum absolute atomic E-state index is 13.1. The zero-order chi connectivity index (χ0) is 13.2. The molecule has 0 spiro atoms. The highest BCUT2D eigenvalue weighted by molar-refractivity contribution is 6.30. The van der Waals surface area contributed by atoms with E-state index in [1.807, 2.05) is 6.07 Å². The zero-order valence-electron chi connectivity index (χ0n) is 9.68. The molecule has 0 aliphatic carbocycles. The number of benzene rings is 2. The molecule has 0 saturated carbocycles.